The zero-order chi connectivity index (χ0) is 23.1. The summed E-state index contributed by atoms with van der Waals surface area (Å²) in [5, 5.41) is 5.74. The molecule has 1 saturated heterocycles. The van der Waals surface area contributed by atoms with E-state index < -0.39 is 21.6 Å². The number of fused-ring (bicyclic) bond motifs is 1. The molecule has 0 spiro atoms. The highest BCUT2D eigenvalue weighted by molar-refractivity contribution is 7.90. The SMILES string of the molecule is COc1cc(S(C)(=O)=O)ccc1Nc1nc(N[C@H]2CCOC2)c2c(C(F)(F)F)c[nH]c2n1. The van der Waals surface area contributed by atoms with Gasteiger partial charge in [-0.2, -0.15) is 23.1 Å². The van der Waals surface area contributed by atoms with Crippen molar-refractivity contribution in [1.82, 2.24) is 15.0 Å². The molecule has 2 aromatic heterocycles. The van der Waals surface area contributed by atoms with Crippen LogP contribution in [0.1, 0.15) is 12.0 Å². The van der Waals surface area contributed by atoms with E-state index in [9.17, 15) is 21.6 Å². The first-order chi connectivity index (χ1) is 15.1. The second-order valence-corrected chi connectivity index (χ2v) is 9.30. The molecule has 1 aromatic carbocycles. The van der Waals surface area contributed by atoms with Gasteiger partial charge in [-0.25, -0.2) is 8.42 Å². The van der Waals surface area contributed by atoms with Gasteiger partial charge in [-0.1, -0.05) is 0 Å². The topological polar surface area (TPSA) is 118 Å². The highest BCUT2D eigenvalue weighted by atomic mass is 32.2. The Morgan fingerprint density at radius 1 is 1.28 bits per heavy atom. The van der Waals surface area contributed by atoms with Gasteiger partial charge < -0.3 is 25.1 Å². The minimum atomic E-state index is -4.59. The van der Waals surface area contributed by atoms with E-state index >= 15 is 0 Å². The normalized spacial score (nSPS) is 17.0. The van der Waals surface area contributed by atoms with Gasteiger partial charge in [0.2, 0.25) is 5.95 Å². The lowest BCUT2D eigenvalue weighted by molar-refractivity contribution is -0.136. The van der Waals surface area contributed by atoms with Crippen molar-refractivity contribution in [2.24, 2.45) is 0 Å². The number of ether oxygens (including phenoxy) is 2. The van der Waals surface area contributed by atoms with Gasteiger partial charge in [0.1, 0.15) is 17.2 Å². The second-order valence-electron chi connectivity index (χ2n) is 7.28. The highest BCUT2D eigenvalue weighted by Gasteiger charge is 2.36. The van der Waals surface area contributed by atoms with E-state index in [4.69, 9.17) is 9.47 Å². The molecule has 13 heteroatoms. The molecular formula is C19H20F3N5O4S. The summed E-state index contributed by atoms with van der Waals surface area (Å²) in [6, 6.07) is 3.99. The van der Waals surface area contributed by atoms with Crippen molar-refractivity contribution in [2.75, 3.05) is 37.2 Å². The number of benzene rings is 1. The minimum Gasteiger partial charge on any atom is -0.495 e. The number of hydrogen-bond donors (Lipinski definition) is 3. The van der Waals surface area contributed by atoms with Crippen LogP contribution >= 0.6 is 0 Å². The molecule has 1 atom stereocenters. The number of sulfone groups is 1. The number of halogens is 3. The molecule has 172 valence electrons. The summed E-state index contributed by atoms with van der Waals surface area (Å²) in [6.07, 6.45) is -2.05. The lowest BCUT2D eigenvalue weighted by Gasteiger charge is -2.16. The average molecular weight is 471 g/mol. The van der Waals surface area contributed by atoms with E-state index in [1.807, 2.05) is 0 Å². The first-order valence-electron chi connectivity index (χ1n) is 9.52. The van der Waals surface area contributed by atoms with Crippen LogP contribution in [0.25, 0.3) is 11.0 Å². The molecule has 3 aromatic rings. The number of nitrogens with one attached hydrogen (secondary N) is 3. The maximum Gasteiger partial charge on any atom is 0.418 e. The Kier molecular flexibility index (Phi) is 5.63. The van der Waals surface area contributed by atoms with Gasteiger partial charge >= 0.3 is 6.18 Å². The molecule has 3 heterocycles. The molecule has 0 saturated carbocycles. The van der Waals surface area contributed by atoms with Crippen molar-refractivity contribution in [3.63, 3.8) is 0 Å². The molecule has 0 aliphatic carbocycles. The van der Waals surface area contributed by atoms with Crippen LogP contribution in [0.4, 0.5) is 30.6 Å². The van der Waals surface area contributed by atoms with Crippen molar-refractivity contribution in [2.45, 2.75) is 23.5 Å². The molecule has 9 nitrogen and oxygen atoms in total. The Balaban J connectivity index is 1.77. The molecular weight excluding hydrogens is 451 g/mol. The number of methoxy groups -OCH3 is 1. The van der Waals surface area contributed by atoms with Gasteiger partial charge in [0.15, 0.2) is 9.84 Å². The quantitative estimate of drug-likeness (QED) is 0.501. The zero-order valence-corrected chi connectivity index (χ0v) is 17.9. The van der Waals surface area contributed by atoms with Crippen LogP contribution in [0.3, 0.4) is 0 Å². The van der Waals surface area contributed by atoms with Gasteiger partial charge in [-0.15, -0.1) is 0 Å². The predicted octanol–water partition coefficient (Wildman–Crippen LogP) is 3.33. The Morgan fingerprint density at radius 3 is 2.69 bits per heavy atom. The molecule has 0 unspecified atom stereocenters. The Hall–Kier alpha value is -3.06. The summed E-state index contributed by atoms with van der Waals surface area (Å²) in [5.41, 5.74) is -0.546. The summed E-state index contributed by atoms with van der Waals surface area (Å²) in [5.74, 6) is 0.214. The molecule has 1 fully saturated rings. The van der Waals surface area contributed by atoms with Crippen LogP contribution in [0, 0.1) is 0 Å². The maximum absolute atomic E-state index is 13.5. The largest absolute Gasteiger partial charge is 0.495 e. The van der Waals surface area contributed by atoms with Crippen LogP contribution in [-0.4, -0.2) is 56.0 Å². The third kappa shape index (κ3) is 4.43. The van der Waals surface area contributed by atoms with Crippen LogP contribution in [-0.2, 0) is 20.8 Å². The van der Waals surface area contributed by atoms with Gasteiger partial charge in [-0.3, -0.25) is 0 Å². The molecule has 0 bridgehead atoms. The van der Waals surface area contributed by atoms with Gasteiger partial charge in [0, 0.05) is 25.1 Å². The van der Waals surface area contributed by atoms with Crippen molar-refractivity contribution >= 4 is 38.3 Å². The van der Waals surface area contributed by atoms with E-state index in [-0.39, 0.29) is 39.5 Å². The van der Waals surface area contributed by atoms with Crippen molar-refractivity contribution in [3.05, 3.63) is 30.0 Å². The molecule has 0 radical (unpaired) electrons. The number of aromatic nitrogens is 3. The molecule has 3 N–H and O–H groups in total. The number of hydrogen-bond acceptors (Lipinski definition) is 8. The third-order valence-corrected chi connectivity index (χ3v) is 6.07. The van der Waals surface area contributed by atoms with Crippen molar-refractivity contribution in [3.8, 4) is 5.75 Å². The number of anilines is 3. The van der Waals surface area contributed by atoms with Gasteiger partial charge in [0.25, 0.3) is 0 Å². The average Bonchev–Trinajstić information content (AvgIpc) is 3.37. The zero-order valence-electron chi connectivity index (χ0n) is 17.1. The lowest BCUT2D eigenvalue weighted by Crippen LogP contribution is -2.21. The number of H-pyrrole nitrogens is 1. The Morgan fingerprint density at radius 2 is 2.06 bits per heavy atom. The van der Waals surface area contributed by atoms with E-state index in [0.29, 0.717) is 25.3 Å². The fourth-order valence-corrected chi connectivity index (χ4v) is 4.02. The van der Waals surface area contributed by atoms with Gasteiger partial charge in [-0.05, 0) is 18.6 Å². The van der Waals surface area contributed by atoms with E-state index in [2.05, 4.69) is 25.6 Å². The third-order valence-electron chi connectivity index (χ3n) is 4.96. The maximum atomic E-state index is 13.5. The first-order valence-corrected chi connectivity index (χ1v) is 11.4. The van der Waals surface area contributed by atoms with Gasteiger partial charge in [0.05, 0.1) is 41.3 Å². The number of rotatable bonds is 6. The molecule has 1 aliphatic heterocycles. The number of alkyl halides is 3. The summed E-state index contributed by atoms with van der Waals surface area (Å²) >= 11 is 0. The van der Waals surface area contributed by atoms with Crippen molar-refractivity contribution < 1.29 is 31.1 Å². The number of aromatic amines is 1. The lowest BCUT2D eigenvalue weighted by atomic mass is 10.2. The number of nitrogens with zero attached hydrogens (tertiary/aromatic N) is 2. The molecule has 4 rings (SSSR count). The van der Waals surface area contributed by atoms with Crippen LogP contribution < -0.4 is 15.4 Å². The Labute approximate surface area is 181 Å². The fraction of sp³-hybridized carbons (Fsp3) is 0.368. The highest BCUT2D eigenvalue weighted by Crippen LogP contribution is 2.38. The van der Waals surface area contributed by atoms with Crippen LogP contribution in [0.5, 0.6) is 5.75 Å². The summed E-state index contributed by atoms with van der Waals surface area (Å²) in [7, 11) is -2.09. The minimum absolute atomic E-state index is 0.0000968. The molecule has 32 heavy (non-hydrogen) atoms. The summed E-state index contributed by atoms with van der Waals surface area (Å²) in [4.78, 5) is 11.0. The van der Waals surface area contributed by atoms with Crippen LogP contribution in [0.2, 0.25) is 0 Å². The van der Waals surface area contributed by atoms with E-state index in [1.54, 1.807) is 0 Å². The predicted molar refractivity (Wildman–Crippen MR) is 111 cm³/mol. The van der Waals surface area contributed by atoms with E-state index in [0.717, 1.165) is 12.5 Å². The van der Waals surface area contributed by atoms with Crippen LogP contribution in [0.15, 0.2) is 29.3 Å². The first kappa shape index (κ1) is 22.1. The standard InChI is InChI=1S/C19H20F3N5O4S/c1-30-14-7-11(32(2,28)29)3-4-13(14)25-18-26-16-15(12(8-23-16)19(20,21)22)17(27-18)24-10-5-6-31-9-10/h3-4,7-8,10H,5-6,9H2,1-2H3,(H3,23,24,25,26,27)/t10-/m0/s1. The smallest absolute Gasteiger partial charge is 0.418 e. The van der Waals surface area contributed by atoms with Crippen molar-refractivity contribution in [1.29, 1.82) is 0 Å². The summed E-state index contributed by atoms with van der Waals surface area (Å²) < 4.78 is 74.7. The second kappa shape index (κ2) is 8.13. The summed E-state index contributed by atoms with van der Waals surface area (Å²) in [6.45, 7) is 0.848. The molecule has 1 aliphatic rings. The Bertz CT molecular complexity index is 1250. The monoisotopic (exact) mass is 471 g/mol. The fourth-order valence-electron chi connectivity index (χ4n) is 3.38. The molecule has 0 amide bonds. The van der Waals surface area contributed by atoms with E-state index in [1.165, 1.54) is 25.3 Å².